The Bertz CT molecular complexity index is 757. The van der Waals surface area contributed by atoms with Crippen molar-refractivity contribution in [2.45, 2.75) is 13.5 Å². The lowest BCUT2D eigenvalue weighted by Crippen LogP contribution is -2.19. The quantitative estimate of drug-likeness (QED) is 0.701. The predicted octanol–water partition coefficient (Wildman–Crippen LogP) is 2.70. The van der Waals surface area contributed by atoms with E-state index in [1.165, 1.54) is 0 Å². The topological polar surface area (TPSA) is 56.1 Å². The van der Waals surface area contributed by atoms with Gasteiger partial charge in [0.1, 0.15) is 11.6 Å². The van der Waals surface area contributed by atoms with Crippen LogP contribution in [-0.2, 0) is 6.54 Å². The molecule has 6 nitrogen and oxygen atoms in total. The molecular formula is C17H19N5O. The van der Waals surface area contributed by atoms with Gasteiger partial charge >= 0.3 is 0 Å². The Kier molecular flexibility index (Phi) is 4.52. The van der Waals surface area contributed by atoms with Gasteiger partial charge in [0, 0.05) is 31.5 Å². The van der Waals surface area contributed by atoms with Crippen LogP contribution < -0.4 is 9.64 Å². The van der Waals surface area contributed by atoms with Gasteiger partial charge in [0.2, 0.25) is 0 Å². The Labute approximate surface area is 135 Å². The van der Waals surface area contributed by atoms with Crippen molar-refractivity contribution in [3.8, 4) is 11.6 Å². The number of para-hydroxylation sites is 1. The van der Waals surface area contributed by atoms with Crippen LogP contribution in [0.25, 0.3) is 5.82 Å². The van der Waals surface area contributed by atoms with Crippen LogP contribution >= 0.6 is 0 Å². The Balaban J connectivity index is 1.81. The molecule has 23 heavy (non-hydrogen) atoms. The minimum atomic E-state index is 0.648. The first-order chi connectivity index (χ1) is 11.3. The summed E-state index contributed by atoms with van der Waals surface area (Å²) in [6.45, 7) is 3.32. The van der Waals surface area contributed by atoms with Gasteiger partial charge in [-0.1, -0.05) is 18.2 Å². The first-order valence-corrected chi connectivity index (χ1v) is 7.52. The molecule has 2 heterocycles. The normalized spacial score (nSPS) is 10.5. The van der Waals surface area contributed by atoms with Gasteiger partial charge in [0.25, 0.3) is 0 Å². The highest BCUT2D eigenvalue weighted by Gasteiger charge is 2.10. The summed E-state index contributed by atoms with van der Waals surface area (Å²) in [7, 11) is 1.99. The molecule has 0 aliphatic carbocycles. The second kappa shape index (κ2) is 6.91. The number of anilines is 1. The summed E-state index contributed by atoms with van der Waals surface area (Å²) in [6.07, 6.45) is 7.00. The highest BCUT2D eigenvalue weighted by molar-refractivity contribution is 5.42. The molecule has 3 rings (SSSR count). The predicted molar refractivity (Wildman–Crippen MR) is 88.9 cm³/mol. The summed E-state index contributed by atoms with van der Waals surface area (Å²) >= 11 is 0. The van der Waals surface area contributed by atoms with Crippen molar-refractivity contribution in [3.05, 3.63) is 60.7 Å². The third-order valence-electron chi connectivity index (χ3n) is 3.42. The zero-order valence-corrected chi connectivity index (χ0v) is 13.3. The largest absolute Gasteiger partial charge is 0.494 e. The summed E-state index contributed by atoms with van der Waals surface area (Å²) in [5, 5.41) is 4.19. The number of rotatable bonds is 6. The van der Waals surface area contributed by atoms with E-state index < -0.39 is 0 Å². The number of nitrogens with zero attached hydrogens (tertiary/aromatic N) is 5. The minimum absolute atomic E-state index is 0.648. The van der Waals surface area contributed by atoms with Crippen molar-refractivity contribution in [1.29, 1.82) is 0 Å². The summed E-state index contributed by atoms with van der Waals surface area (Å²) in [5.41, 5.74) is 1.11. The lowest BCUT2D eigenvalue weighted by Gasteiger charge is -2.20. The van der Waals surface area contributed by atoms with Crippen LogP contribution in [0.1, 0.15) is 12.5 Å². The molecule has 2 aromatic heterocycles. The van der Waals surface area contributed by atoms with E-state index in [2.05, 4.69) is 21.1 Å². The summed E-state index contributed by atoms with van der Waals surface area (Å²) < 4.78 is 7.37. The van der Waals surface area contributed by atoms with E-state index in [0.29, 0.717) is 19.0 Å². The third-order valence-corrected chi connectivity index (χ3v) is 3.42. The second-order valence-corrected chi connectivity index (χ2v) is 5.08. The van der Waals surface area contributed by atoms with Crippen LogP contribution in [0.5, 0.6) is 5.75 Å². The molecule has 0 N–H and O–H groups in total. The molecule has 0 spiro atoms. The molecule has 0 unspecified atom stereocenters. The standard InChI is InChI=1S/C17H19N5O/c1-3-23-15-8-5-4-7-14(15)13-21(2)16-11-18-12-17(20-16)22-10-6-9-19-22/h4-12H,3,13H2,1-2H3. The average molecular weight is 309 g/mol. The molecular weight excluding hydrogens is 290 g/mol. The van der Waals surface area contributed by atoms with E-state index in [-0.39, 0.29) is 0 Å². The fourth-order valence-electron chi connectivity index (χ4n) is 2.31. The van der Waals surface area contributed by atoms with Gasteiger partial charge in [0.05, 0.1) is 19.0 Å². The zero-order valence-electron chi connectivity index (χ0n) is 13.3. The molecule has 0 amide bonds. The van der Waals surface area contributed by atoms with Crippen LogP contribution in [0, 0.1) is 0 Å². The molecule has 0 bridgehead atoms. The number of ether oxygens (including phenoxy) is 1. The smallest absolute Gasteiger partial charge is 0.173 e. The van der Waals surface area contributed by atoms with Crippen molar-refractivity contribution >= 4 is 5.82 Å². The van der Waals surface area contributed by atoms with Gasteiger partial charge in [-0.15, -0.1) is 0 Å². The molecule has 0 aliphatic rings. The molecule has 1 aromatic carbocycles. The van der Waals surface area contributed by atoms with Crippen molar-refractivity contribution < 1.29 is 4.74 Å². The maximum absolute atomic E-state index is 5.68. The molecule has 118 valence electrons. The fraction of sp³-hybridized carbons (Fsp3) is 0.235. The molecule has 0 saturated heterocycles. The van der Waals surface area contributed by atoms with E-state index in [1.807, 2.05) is 49.3 Å². The summed E-state index contributed by atoms with van der Waals surface area (Å²) in [5.74, 6) is 2.37. The Morgan fingerprint density at radius 1 is 1.17 bits per heavy atom. The van der Waals surface area contributed by atoms with Crippen LogP contribution in [0.4, 0.5) is 5.82 Å². The van der Waals surface area contributed by atoms with Crippen molar-refractivity contribution in [2.75, 3.05) is 18.6 Å². The van der Waals surface area contributed by atoms with Crippen LogP contribution in [-0.4, -0.2) is 33.4 Å². The Hall–Kier alpha value is -2.89. The lowest BCUT2D eigenvalue weighted by atomic mass is 10.2. The number of aromatic nitrogens is 4. The third kappa shape index (κ3) is 3.48. The van der Waals surface area contributed by atoms with Crippen LogP contribution in [0.3, 0.4) is 0 Å². The molecule has 0 radical (unpaired) electrons. The van der Waals surface area contributed by atoms with Gasteiger partial charge in [-0.3, -0.25) is 4.98 Å². The fourth-order valence-corrected chi connectivity index (χ4v) is 2.31. The van der Waals surface area contributed by atoms with Crippen molar-refractivity contribution in [1.82, 2.24) is 19.7 Å². The van der Waals surface area contributed by atoms with Crippen molar-refractivity contribution in [3.63, 3.8) is 0 Å². The number of hydrogen-bond acceptors (Lipinski definition) is 5. The van der Waals surface area contributed by atoms with Gasteiger partial charge in [0.15, 0.2) is 5.82 Å². The first-order valence-electron chi connectivity index (χ1n) is 7.52. The van der Waals surface area contributed by atoms with Gasteiger partial charge in [-0.2, -0.15) is 5.10 Å². The maximum atomic E-state index is 5.68. The molecule has 3 aromatic rings. The number of benzene rings is 1. The van der Waals surface area contributed by atoms with Crippen LogP contribution in [0.15, 0.2) is 55.1 Å². The minimum Gasteiger partial charge on any atom is -0.494 e. The zero-order chi connectivity index (χ0) is 16.1. The van der Waals surface area contributed by atoms with Crippen molar-refractivity contribution in [2.24, 2.45) is 0 Å². The molecule has 6 heteroatoms. The SMILES string of the molecule is CCOc1ccccc1CN(C)c1cncc(-n2cccn2)n1. The molecule has 0 atom stereocenters. The monoisotopic (exact) mass is 309 g/mol. The summed E-state index contributed by atoms with van der Waals surface area (Å²) in [4.78, 5) is 10.9. The van der Waals surface area contributed by atoms with Gasteiger partial charge < -0.3 is 9.64 Å². The lowest BCUT2D eigenvalue weighted by molar-refractivity contribution is 0.336. The highest BCUT2D eigenvalue weighted by Crippen LogP contribution is 2.21. The molecule has 0 fully saturated rings. The highest BCUT2D eigenvalue weighted by atomic mass is 16.5. The van der Waals surface area contributed by atoms with Crippen LogP contribution in [0.2, 0.25) is 0 Å². The first kappa shape index (κ1) is 15.0. The van der Waals surface area contributed by atoms with E-state index in [1.54, 1.807) is 23.3 Å². The van der Waals surface area contributed by atoms with E-state index in [9.17, 15) is 0 Å². The van der Waals surface area contributed by atoms with Gasteiger partial charge in [-0.25, -0.2) is 9.67 Å². The van der Waals surface area contributed by atoms with Gasteiger partial charge in [-0.05, 0) is 19.1 Å². The maximum Gasteiger partial charge on any atom is 0.173 e. The van der Waals surface area contributed by atoms with E-state index in [0.717, 1.165) is 17.1 Å². The second-order valence-electron chi connectivity index (χ2n) is 5.08. The average Bonchev–Trinajstić information content (AvgIpc) is 3.11. The Morgan fingerprint density at radius 2 is 2.04 bits per heavy atom. The molecule has 0 aliphatic heterocycles. The Morgan fingerprint density at radius 3 is 2.83 bits per heavy atom. The van der Waals surface area contributed by atoms with E-state index >= 15 is 0 Å². The number of hydrogen-bond donors (Lipinski definition) is 0. The summed E-state index contributed by atoms with van der Waals surface area (Å²) in [6, 6.07) is 9.89. The van der Waals surface area contributed by atoms with E-state index in [4.69, 9.17) is 4.74 Å². The molecule has 0 saturated carbocycles.